The normalized spacial score (nSPS) is 25.9. The minimum Gasteiger partial charge on any atom is -0.408 e. The van der Waals surface area contributed by atoms with Crippen LogP contribution < -0.4 is 5.56 Å². The third-order valence-electron chi connectivity index (χ3n) is 7.44. The minimum absolute atomic E-state index is 0.0167. The van der Waals surface area contributed by atoms with Crippen LogP contribution in [-0.4, -0.2) is 116 Å². The molecule has 0 radical (unpaired) electrons. The van der Waals surface area contributed by atoms with E-state index in [9.17, 15) is 4.79 Å². The largest absolute Gasteiger partial charge is 0.408 e. The number of nitrogens with one attached hydrogen (secondary N) is 1. The average Bonchev–Trinajstić information content (AvgIpc) is 3.39. The lowest BCUT2D eigenvalue weighted by atomic mass is 10.1. The van der Waals surface area contributed by atoms with Crippen molar-refractivity contribution in [3.05, 3.63) is 16.7 Å². The second kappa shape index (κ2) is 10.9. The van der Waals surface area contributed by atoms with Gasteiger partial charge in [-0.3, -0.25) is 19.2 Å². The zero-order valence-electron chi connectivity index (χ0n) is 23.2. The van der Waals surface area contributed by atoms with Crippen LogP contribution in [0.5, 0.6) is 0 Å². The lowest BCUT2D eigenvalue weighted by molar-refractivity contribution is -0.0603. The molecule has 0 amide bonds. The van der Waals surface area contributed by atoms with Gasteiger partial charge in [0, 0.05) is 40.8 Å². The summed E-state index contributed by atoms with van der Waals surface area (Å²) in [4.78, 5) is 32.7. The van der Waals surface area contributed by atoms with Gasteiger partial charge in [0.1, 0.15) is 18.3 Å². The molecule has 0 bridgehead atoms. The maximum atomic E-state index is 12.7. The van der Waals surface area contributed by atoms with E-state index in [0.717, 1.165) is 13.1 Å². The zero-order chi connectivity index (χ0) is 27.0. The average molecular weight is 536 g/mol. The number of fused-ring (bicyclic) bond motifs is 1. The van der Waals surface area contributed by atoms with E-state index in [1.807, 2.05) is 14.1 Å². The van der Waals surface area contributed by atoms with E-state index in [-0.39, 0.29) is 34.3 Å². The van der Waals surface area contributed by atoms with Gasteiger partial charge >= 0.3 is 0 Å². The fourth-order valence-electron chi connectivity index (χ4n) is 4.36. The first-order valence-electron chi connectivity index (χ1n) is 12.7. The van der Waals surface area contributed by atoms with Crippen molar-refractivity contribution in [2.45, 2.75) is 63.4 Å². The molecule has 4 heterocycles. The van der Waals surface area contributed by atoms with Gasteiger partial charge in [-0.2, -0.15) is 4.98 Å². The van der Waals surface area contributed by atoms with E-state index in [1.54, 1.807) is 29.2 Å². The fourth-order valence-corrected chi connectivity index (χ4v) is 5.68. The molecule has 2 aliphatic rings. The summed E-state index contributed by atoms with van der Waals surface area (Å²) in [6.07, 6.45) is 1.63. The molecular formula is C24H41N7O5Si. The van der Waals surface area contributed by atoms with Crippen LogP contribution in [0.15, 0.2) is 16.1 Å². The molecule has 37 heavy (non-hydrogen) atoms. The van der Waals surface area contributed by atoms with E-state index >= 15 is 0 Å². The van der Waals surface area contributed by atoms with Crippen molar-refractivity contribution in [1.29, 1.82) is 0 Å². The van der Waals surface area contributed by atoms with Crippen LogP contribution in [0.25, 0.3) is 11.2 Å². The van der Waals surface area contributed by atoms with Gasteiger partial charge in [-0.1, -0.05) is 20.8 Å². The number of H-pyrrole nitrogens is 1. The van der Waals surface area contributed by atoms with Crippen molar-refractivity contribution in [2.75, 3.05) is 54.1 Å². The van der Waals surface area contributed by atoms with E-state index in [2.05, 4.69) is 58.7 Å². The number of ether oxygens (including phenoxy) is 3. The quantitative estimate of drug-likeness (QED) is 0.307. The Balaban J connectivity index is 1.72. The van der Waals surface area contributed by atoms with Crippen LogP contribution >= 0.6 is 0 Å². The number of methoxy groups -OCH3 is 1. The third-order valence-corrected chi connectivity index (χ3v) is 11.9. The number of hydrogen-bond acceptors (Lipinski definition) is 9. The van der Waals surface area contributed by atoms with Crippen molar-refractivity contribution in [3.8, 4) is 0 Å². The molecule has 0 aromatic carbocycles. The van der Waals surface area contributed by atoms with E-state index in [1.165, 1.54) is 0 Å². The first kappa shape index (κ1) is 27.9. The van der Waals surface area contributed by atoms with Crippen LogP contribution in [0.2, 0.25) is 18.1 Å². The van der Waals surface area contributed by atoms with Gasteiger partial charge in [0.2, 0.25) is 5.95 Å². The van der Waals surface area contributed by atoms with Crippen LogP contribution in [0.1, 0.15) is 27.0 Å². The van der Waals surface area contributed by atoms with Crippen molar-refractivity contribution in [1.82, 2.24) is 29.3 Å². The van der Waals surface area contributed by atoms with Gasteiger partial charge in [-0.15, -0.1) is 0 Å². The number of nitrogens with zero attached hydrogens (tertiary/aromatic N) is 6. The number of imidazole rings is 1. The number of aromatic nitrogens is 4. The van der Waals surface area contributed by atoms with Crippen LogP contribution in [-0.2, 0) is 18.6 Å². The van der Waals surface area contributed by atoms with Crippen LogP contribution in [0, 0.1) is 0 Å². The summed E-state index contributed by atoms with van der Waals surface area (Å²) in [7, 11) is 3.20. The highest BCUT2D eigenvalue weighted by Crippen LogP contribution is 2.42. The van der Waals surface area contributed by atoms with Gasteiger partial charge in [0.25, 0.3) is 5.56 Å². The fraction of sp³-hybridized carbons (Fsp3) is 0.750. The predicted molar refractivity (Wildman–Crippen MR) is 144 cm³/mol. The summed E-state index contributed by atoms with van der Waals surface area (Å²) in [5.41, 5.74) is 0.251. The molecule has 206 valence electrons. The Morgan fingerprint density at radius 2 is 1.97 bits per heavy atom. The maximum absolute atomic E-state index is 12.7. The summed E-state index contributed by atoms with van der Waals surface area (Å²) in [5, 5.41) is 0.0167. The molecule has 2 aromatic rings. The second-order valence-electron chi connectivity index (χ2n) is 11.4. The molecule has 0 saturated carbocycles. The number of rotatable bonds is 8. The van der Waals surface area contributed by atoms with Gasteiger partial charge in [-0.05, 0) is 18.1 Å². The molecule has 2 saturated heterocycles. The monoisotopic (exact) mass is 535 g/mol. The molecule has 13 heteroatoms. The van der Waals surface area contributed by atoms with E-state index in [4.69, 9.17) is 18.6 Å². The Morgan fingerprint density at radius 3 is 2.59 bits per heavy atom. The second-order valence-corrected chi connectivity index (χ2v) is 16.2. The topological polar surface area (TPSA) is 119 Å². The molecule has 1 N–H and O–H groups in total. The van der Waals surface area contributed by atoms with Gasteiger partial charge in [0.15, 0.2) is 25.7 Å². The highest BCUT2D eigenvalue weighted by molar-refractivity contribution is 6.74. The summed E-state index contributed by atoms with van der Waals surface area (Å²) in [5.74, 6) is 0.193. The first-order valence-corrected chi connectivity index (χ1v) is 15.7. The molecule has 4 atom stereocenters. The smallest absolute Gasteiger partial charge is 0.280 e. The number of aliphatic imine (C=N–C) groups is 1. The lowest BCUT2D eigenvalue weighted by Gasteiger charge is -2.41. The lowest BCUT2D eigenvalue weighted by Crippen LogP contribution is -2.52. The highest BCUT2D eigenvalue weighted by Gasteiger charge is 2.51. The zero-order valence-corrected chi connectivity index (χ0v) is 24.2. The summed E-state index contributed by atoms with van der Waals surface area (Å²) < 4.78 is 27.0. The van der Waals surface area contributed by atoms with Gasteiger partial charge in [0.05, 0.1) is 25.9 Å². The summed E-state index contributed by atoms with van der Waals surface area (Å²) >= 11 is 0. The van der Waals surface area contributed by atoms with Crippen molar-refractivity contribution in [2.24, 2.45) is 4.99 Å². The Bertz CT molecular complexity index is 1150. The number of aromatic amines is 1. The molecular weight excluding hydrogens is 494 g/mol. The number of morpholine rings is 1. The van der Waals surface area contributed by atoms with Crippen LogP contribution in [0.4, 0.5) is 5.95 Å². The number of hydrogen-bond donors (Lipinski definition) is 1. The van der Waals surface area contributed by atoms with Crippen LogP contribution in [0.3, 0.4) is 0 Å². The Hall–Kier alpha value is -2.16. The predicted octanol–water partition coefficient (Wildman–Crippen LogP) is 1.98. The first-order chi connectivity index (χ1) is 17.4. The molecule has 2 aromatic heterocycles. The highest BCUT2D eigenvalue weighted by atomic mass is 28.4. The van der Waals surface area contributed by atoms with Crippen molar-refractivity contribution >= 4 is 31.8 Å². The Kier molecular flexibility index (Phi) is 8.21. The molecule has 2 unspecified atom stereocenters. The van der Waals surface area contributed by atoms with Crippen molar-refractivity contribution < 1.29 is 18.6 Å². The van der Waals surface area contributed by atoms with E-state index in [0.29, 0.717) is 25.4 Å². The minimum atomic E-state index is -2.17. The molecule has 2 aliphatic heterocycles. The molecule has 0 spiro atoms. The van der Waals surface area contributed by atoms with E-state index < -0.39 is 20.6 Å². The van der Waals surface area contributed by atoms with Crippen molar-refractivity contribution in [3.63, 3.8) is 0 Å². The third kappa shape index (κ3) is 5.96. The summed E-state index contributed by atoms with van der Waals surface area (Å²) in [6.45, 7) is 14.9. The molecule has 12 nitrogen and oxygen atoms in total. The maximum Gasteiger partial charge on any atom is 0.280 e. The molecule has 2 fully saturated rings. The van der Waals surface area contributed by atoms with Gasteiger partial charge < -0.3 is 23.5 Å². The molecule has 0 aliphatic carbocycles. The SMILES string of the molecule is COC1C(O[Si](C)(C)C(C)(C)C)[C@@H](CN2CCOCC2)O[C@H]1n1cnc2c(=O)[nH]c(/N=C/N(C)C)nc21. The standard InChI is InChI=1S/C24H41N7O5Si/c1-24(2,3)37(7,8)36-18-16(13-30-9-11-34-12-10-30)35-22(19(18)33-6)31-15-25-17-20(31)27-23(28-21(17)32)26-14-29(4)5/h14-16,18-19,22H,9-13H2,1-8H3,(H,27,28,32)/b26-14+/t16-,18?,19?,22-/m1/s1. The van der Waals surface area contributed by atoms with Gasteiger partial charge in [-0.25, -0.2) is 9.98 Å². The Morgan fingerprint density at radius 1 is 1.27 bits per heavy atom. The summed E-state index contributed by atoms with van der Waals surface area (Å²) in [6, 6.07) is 0. The Labute approximate surface area is 219 Å². The molecule has 4 rings (SSSR count).